The molecule has 0 saturated heterocycles. The van der Waals surface area contributed by atoms with Crippen molar-refractivity contribution in [2.45, 2.75) is 65.2 Å². The number of likely N-dealkylation sites (N-methyl/N-ethyl adjacent to an activating group) is 1. The average Bonchev–Trinajstić information content (AvgIpc) is 3.46. The van der Waals surface area contributed by atoms with E-state index in [1.165, 1.54) is 13.2 Å². The number of fused-ring (bicyclic) bond motifs is 1. The van der Waals surface area contributed by atoms with Crippen molar-refractivity contribution in [3.05, 3.63) is 89.0 Å². The van der Waals surface area contributed by atoms with Gasteiger partial charge in [-0.15, -0.1) is 0 Å². The maximum absolute atomic E-state index is 14.9. The van der Waals surface area contributed by atoms with Crippen LogP contribution in [-0.4, -0.2) is 65.4 Å². The van der Waals surface area contributed by atoms with Crippen LogP contribution in [0.1, 0.15) is 73.6 Å². The number of aromatic nitrogens is 1. The lowest BCUT2D eigenvalue weighted by Gasteiger charge is -2.33. The Morgan fingerprint density at radius 1 is 1.09 bits per heavy atom. The van der Waals surface area contributed by atoms with Crippen molar-refractivity contribution in [2.24, 2.45) is 0 Å². The van der Waals surface area contributed by atoms with Gasteiger partial charge in [-0.2, -0.15) is 0 Å². The number of amides is 2. The molecule has 0 bridgehead atoms. The van der Waals surface area contributed by atoms with Gasteiger partial charge in [0.05, 0.1) is 24.9 Å². The second-order valence-electron chi connectivity index (χ2n) is 10.7. The zero-order valence-corrected chi connectivity index (χ0v) is 25.7. The lowest BCUT2D eigenvalue weighted by molar-refractivity contribution is -0.136. The molecule has 9 nitrogen and oxygen atoms in total. The number of carbonyl (C=O) groups is 2. The topological polar surface area (TPSA) is 98.8 Å². The Hall–Kier alpha value is -4.02. The van der Waals surface area contributed by atoms with Crippen molar-refractivity contribution in [3.8, 4) is 5.75 Å². The lowest BCUT2D eigenvalue weighted by atomic mass is 9.98. The van der Waals surface area contributed by atoms with Crippen LogP contribution in [0.25, 0.3) is 0 Å². The number of nitrogens with zero attached hydrogens (tertiary/aromatic N) is 3. The molecular weight excluding hydrogens is 547 g/mol. The molecule has 0 aliphatic carbocycles. The van der Waals surface area contributed by atoms with E-state index in [1.807, 2.05) is 62.9 Å². The number of methoxy groups -OCH3 is 1. The summed E-state index contributed by atoms with van der Waals surface area (Å²) in [6.07, 6.45) is 4.79. The molecule has 43 heavy (non-hydrogen) atoms. The predicted molar refractivity (Wildman–Crippen MR) is 166 cm³/mol. The van der Waals surface area contributed by atoms with Gasteiger partial charge >= 0.3 is 0 Å². The molecular formula is C33H43FN6O3. The van der Waals surface area contributed by atoms with Crippen molar-refractivity contribution < 1.29 is 18.7 Å². The number of nitrogens with one attached hydrogen (secondary N) is 3. The Morgan fingerprint density at radius 2 is 1.84 bits per heavy atom. The number of hydrogen-bond acceptors (Lipinski definition) is 7. The van der Waals surface area contributed by atoms with E-state index in [0.29, 0.717) is 49.4 Å². The van der Waals surface area contributed by atoms with Crippen molar-refractivity contribution in [1.29, 1.82) is 0 Å². The monoisotopic (exact) mass is 590 g/mol. The Bertz CT molecular complexity index is 1380. The number of benzene rings is 2. The Morgan fingerprint density at radius 3 is 2.51 bits per heavy atom. The summed E-state index contributed by atoms with van der Waals surface area (Å²) in [5, 5.41) is 3.18. The quantitative estimate of drug-likeness (QED) is 0.246. The van der Waals surface area contributed by atoms with Crippen LogP contribution in [0.4, 0.5) is 10.1 Å². The number of anilines is 1. The van der Waals surface area contributed by atoms with Gasteiger partial charge in [0.25, 0.3) is 5.91 Å². The van der Waals surface area contributed by atoms with E-state index in [2.05, 4.69) is 21.2 Å². The first kappa shape index (κ1) is 31.9. The van der Waals surface area contributed by atoms with Gasteiger partial charge in [-0.05, 0) is 81.6 Å². The molecule has 3 aromatic rings. The van der Waals surface area contributed by atoms with Gasteiger partial charge < -0.3 is 20.4 Å². The number of rotatable bonds is 14. The van der Waals surface area contributed by atoms with Gasteiger partial charge in [-0.25, -0.2) is 9.82 Å². The zero-order valence-electron chi connectivity index (χ0n) is 25.7. The van der Waals surface area contributed by atoms with Crippen LogP contribution in [0, 0.1) is 5.82 Å². The molecule has 2 amide bonds. The van der Waals surface area contributed by atoms with Crippen LogP contribution >= 0.6 is 0 Å². The van der Waals surface area contributed by atoms with Gasteiger partial charge in [-0.1, -0.05) is 13.0 Å². The highest BCUT2D eigenvalue weighted by atomic mass is 19.1. The maximum Gasteiger partial charge on any atom is 0.251 e. The minimum absolute atomic E-state index is 0.0125. The molecule has 0 radical (unpaired) electrons. The molecule has 0 spiro atoms. The van der Waals surface area contributed by atoms with Crippen LogP contribution < -0.4 is 20.9 Å². The number of ether oxygens (including phenoxy) is 1. The Balaban J connectivity index is 1.49. The van der Waals surface area contributed by atoms with Gasteiger partial charge in [0.1, 0.15) is 11.6 Å². The fraction of sp³-hybridized carbons (Fsp3) is 0.424. The van der Waals surface area contributed by atoms with Crippen molar-refractivity contribution in [1.82, 2.24) is 25.5 Å². The van der Waals surface area contributed by atoms with E-state index in [9.17, 15) is 14.0 Å². The molecule has 230 valence electrons. The molecule has 2 aromatic carbocycles. The van der Waals surface area contributed by atoms with Gasteiger partial charge in [0, 0.05) is 61.3 Å². The molecule has 3 atom stereocenters. The van der Waals surface area contributed by atoms with E-state index >= 15 is 0 Å². The normalized spacial score (nSPS) is 15.4. The van der Waals surface area contributed by atoms with Crippen LogP contribution in [0.5, 0.6) is 5.75 Å². The maximum atomic E-state index is 14.9. The predicted octanol–water partition coefficient (Wildman–Crippen LogP) is 4.91. The molecule has 3 N–H and O–H groups in total. The molecule has 0 fully saturated rings. The summed E-state index contributed by atoms with van der Waals surface area (Å²) in [5.74, 6) is -0.109. The van der Waals surface area contributed by atoms with E-state index in [1.54, 1.807) is 29.4 Å². The molecule has 1 aliphatic heterocycles. The third-order valence-electron chi connectivity index (χ3n) is 8.25. The molecule has 10 heteroatoms. The molecule has 3 unspecified atom stereocenters. The summed E-state index contributed by atoms with van der Waals surface area (Å²) in [4.78, 5) is 34.6. The SMILES string of the molecule is CCC(CCN(Cc1c(F)cccc1OC)C(C)C(=O)N(CC)CC)NC(=O)c1ccc2c(c1)C(c1ccncc1)NN2. The summed E-state index contributed by atoms with van der Waals surface area (Å²) >= 11 is 0. The van der Waals surface area contributed by atoms with Crippen LogP contribution in [0.3, 0.4) is 0 Å². The summed E-state index contributed by atoms with van der Waals surface area (Å²) in [6, 6.07) is 13.5. The third-order valence-corrected chi connectivity index (χ3v) is 8.25. The average molecular weight is 591 g/mol. The Labute approximate surface area is 253 Å². The van der Waals surface area contributed by atoms with Crippen molar-refractivity contribution in [2.75, 3.05) is 32.2 Å². The lowest BCUT2D eigenvalue weighted by Crippen LogP contribution is -2.48. The van der Waals surface area contributed by atoms with Crippen molar-refractivity contribution in [3.63, 3.8) is 0 Å². The number of carbonyl (C=O) groups excluding carboxylic acids is 2. The number of pyridine rings is 1. The Kier molecular flexibility index (Phi) is 11.1. The summed E-state index contributed by atoms with van der Waals surface area (Å²) in [5.41, 5.74) is 10.4. The molecule has 1 aromatic heterocycles. The molecule has 1 aliphatic rings. The van der Waals surface area contributed by atoms with E-state index in [0.717, 1.165) is 16.8 Å². The minimum atomic E-state index is -0.487. The number of hydrazine groups is 1. The minimum Gasteiger partial charge on any atom is -0.496 e. The summed E-state index contributed by atoms with van der Waals surface area (Å²) in [6.45, 7) is 9.66. The third kappa shape index (κ3) is 7.50. The van der Waals surface area contributed by atoms with Crippen LogP contribution in [0.2, 0.25) is 0 Å². The van der Waals surface area contributed by atoms with Gasteiger partial charge in [0.15, 0.2) is 0 Å². The largest absolute Gasteiger partial charge is 0.496 e. The number of halogens is 1. The first-order chi connectivity index (χ1) is 20.8. The van der Waals surface area contributed by atoms with E-state index in [4.69, 9.17) is 4.74 Å². The van der Waals surface area contributed by atoms with Crippen LogP contribution in [0.15, 0.2) is 60.9 Å². The molecule has 2 heterocycles. The van der Waals surface area contributed by atoms with E-state index < -0.39 is 6.04 Å². The van der Waals surface area contributed by atoms with Gasteiger partial charge in [0.2, 0.25) is 5.91 Å². The smallest absolute Gasteiger partial charge is 0.251 e. The fourth-order valence-electron chi connectivity index (χ4n) is 5.52. The highest BCUT2D eigenvalue weighted by molar-refractivity contribution is 5.95. The number of hydrogen-bond donors (Lipinski definition) is 3. The first-order valence-corrected chi connectivity index (χ1v) is 15.0. The first-order valence-electron chi connectivity index (χ1n) is 15.0. The van der Waals surface area contributed by atoms with Crippen LogP contribution in [-0.2, 0) is 11.3 Å². The fourth-order valence-corrected chi connectivity index (χ4v) is 5.52. The molecule has 0 saturated carbocycles. The second-order valence-corrected chi connectivity index (χ2v) is 10.7. The highest BCUT2D eigenvalue weighted by Crippen LogP contribution is 2.33. The summed E-state index contributed by atoms with van der Waals surface area (Å²) in [7, 11) is 1.51. The zero-order chi connectivity index (χ0) is 30.9. The highest BCUT2D eigenvalue weighted by Gasteiger charge is 2.28. The molecule has 4 rings (SSSR count). The standard InChI is InChI=1S/C33H43FN6O3/c1-6-25(36-32(41)24-12-13-29-26(20-24)31(38-37-29)23-14-17-35-18-15-23)16-19-40(22(4)33(42)39(7-2)8-3)21-27-28(34)10-9-11-30(27)43-5/h9-15,17-18,20,22,25,31,37-38H,6-8,16,19,21H2,1-5H3,(H,36,41). The van der Waals surface area contributed by atoms with E-state index in [-0.39, 0.29) is 36.3 Å². The van der Waals surface area contributed by atoms with Crippen molar-refractivity contribution >= 4 is 17.5 Å². The second kappa shape index (κ2) is 14.9. The summed E-state index contributed by atoms with van der Waals surface area (Å²) < 4.78 is 20.4. The van der Waals surface area contributed by atoms with Gasteiger partial charge in [-0.3, -0.25) is 19.5 Å².